The number of benzene rings is 2. The molecule has 1 N–H and O–H groups in total. The largest absolute Gasteiger partial charge is 0.423 e. The van der Waals surface area contributed by atoms with Gasteiger partial charge in [-0.3, -0.25) is 0 Å². The number of H-pyrrole nitrogens is 1. The first-order valence-corrected chi connectivity index (χ1v) is 9.99. The molecule has 0 aliphatic rings. The Morgan fingerprint density at radius 1 is 1.07 bits per heavy atom. The van der Waals surface area contributed by atoms with Crippen LogP contribution in [0, 0.1) is 0 Å². The van der Waals surface area contributed by atoms with Gasteiger partial charge in [-0.15, -0.1) is 10.2 Å². The molecule has 0 spiro atoms. The van der Waals surface area contributed by atoms with Gasteiger partial charge in [-0.25, -0.2) is 9.78 Å². The summed E-state index contributed by atoms with van der Waals surface area (Å²) in [5, 5.41) is 11.1. The fourth-order valence-electron chi connectivity index (χ4n) is 3.32. The van der Waals surface area contributed by atoms with Gasteiger partial charge in [-0.05, 0) is 29.7 Å². The third-order valence-corrected chi connectivity index (χ3v) is 5.65. The predicted molar refractivity (Wildman–Crippen MR) is 111 cm³/mol. The van der Waals surface area contributed by atoms with Gasteiger partial charge >= 0.3 is 5.63 Å². The second kappa shape index (κ2) is 6.76. The maximum Gasteiger partial charge on any atom is 0.336 e. The standard InChI is InChI=1S/C21H16N4O2S/c1-2-12-7-8-14-13(10-18(26)27-17(14)9-12)11-28-21-23-20-19(24-25-21)15-5-3-4-6-16(15)22-20/h3-10H,2,11H2,1H3,(H,22,23,25). The number of nitrogens with one attached hydrogen (secondary N) is 1. The van der Waals surface area contributed by atoms with Gasteiger partial charge in [-0.2, -0.15) is 0 Å². The molecule has 138 valence electrons. The van der Waals surface area contributed by atoms with Gasteiger partial charge in [0.15, 0.2) is 5.65 Å². The summed E-state index contributed by atoms with van der Waals surface area (Å²) in [5.74, 6) is 0.557. The number of aromatic nitrogens is 4. The predicted octanol–water partition coefficient (Wildman–Crippen LogP) is 4.47. The van der Waals surface area contributed by atoms with Gasteiger partial charge in [0.1, 0.15) is 11.1 Å². The smallest absolute Gasteiger partial charge is 0.336 e. The molecule has 2 aromatic carbocycles. The van der Waals surface area contributed by atoms with Crippen molar-refractivity contribution >= 4 is 44.8 Å². The average molecular weight is 388 g/mol. The summed E-state index contributed by atoms with van der Waals surface area (Å²) in [6, 6.07) is 15.5. The fraction of sp³-hybridized carbons (Fsp3) is 0.143. The van der Waals surface area contributed by atoms with E-state index in [1.54, 1.807) is 0 Å². The van der Waals surface area contributed by atoms with Crippen molar-refractivity contribution in [2.75, 3.05) is 0 Å². The maximum atomic E-state index is 12.0. The van der Waals surface area contributed by atoms with Gasteiger partial charge in [0.25, 0.3) is 0 Å². The van der Waals surface area contributed by atoms with E-state index in [0.717, 1.165) is 39.4 Å². The number of aromatic amines is 1. The molecule has 0 fully saturated rings. The zero-order chi connectivity index (χ0) is 19.1. The lowest BCUT2D eigenvalue weighted by atomic mass is 10.1. The zero-order valence-electron chi connectivity index (χ0n) is 15.1. The number of para-hydroxylation sites is 1. The van der Waals surface area contributed by atoms with Crippen LogP contribution >= 0.6 is 11.8 Å². The first kappa shape index (κ1) is 16.9. The normalized spacial score (nSPS) is 11.6. The Morgan fingerprint density at radius 2 is 1.96 bits per heavy atom. The summed E-state index contributed by atoms with van der Waals surface area (Å²) >= 11 is 1.45. The molecule has 7 heteroatoms. The summed E-state index contributed by atoms with van der Waals surface area (Å²) in [4.78, 5) is 19.8. The minimum atomic E-state index is -0.346. The number of hydrogen-bond donors (Lipinski definition) is 1. The minimum absolute atomic E-state index is 0.346. The Morgan fingerprint density at radius 3 is 2.86 bits per heavy atom. The van der Waals surface area contributed by atoms with E-state index in [4.69, 9.17) is 4.42 Å². The molecule has 0 amide bonds. The molecule has 0 radical (unpaired) electrons. The van der Waals surface area contributed by atoms with E-state index < -0.39 is 0 Å². The van der Waals surface area contributed by atoms with Crippen LogP contribution in [0.3, 0.4) is 0 Å². The van der Waals surface area contributed by atoms with Crippen molar-refractivity contribution in [3.05, 3.63) is 70.1 Å². The van der Waals surface area contributed by atoms with Crippen molar-refractivity contribution in [2.24, 2.45) is 0 Å². The summed E-state index contributed by atoms with van der Waals surface area (Å²) in [7, 11) is 0. The van der Waals surface area contributed by atoms with E-state index in [1.165, 1.54) is 17.8 Å². The highest BCUT2D eigenvalue weighted by Crippen LogP contribution is 2.27. The van der Waals surface area contributed by atoms with Gasteiger partial charge in [-0.1, -0.05) is 49.0 Å². The lowest BCUT2D eigenvalue weighted by molar-refractivity contribution is 0.559. The second-order valence-electron chi connectivity index (χ2n) is 6.53. The molecule has 0 saturated heterocycles. The molecule has 3 heterocycles. The molecular weight excluding hydrogens is 372 g/mol. The topological polar surface area (TPSA) is 84.7 Å². The van der Waals surface area contributed by atoms with Crippen LogP contribution in [0.2, 0.25) is 0 Å². The molecule has 0 bridgehead atoms. The van der Waals surface area contributed by atoms with Crippen molar-refractivity contribution < 1.29 is 4.42 Å². The van der Waals surface area contributed by atoms with Crippen LogP contribution in [-0.4, -0.2) is 20.2 Å². The van der Waals surface area contributed by atoms with Crippen LogP contribution in [-0.2, 0) is 12.2 Å². The molecule has 5 aromatic rings. The van der Waals surface area contributed by atoms with Crippen LogP contribution in [0.15, 0.2) is 62.9 Å². The Hall–Kier alpha value is -3.19. The summed E-state index contributed by atoms with van der Waals surface area (Å²) in [6.07, 6.45) is 0.892. The lowest BCUT2D eigenvalue weighted by Gasteiger charge is -2.06. The first-order chi connectivity index (χ1) is 13.7. The van der Waals surface area contributed by atoms with Crippen LogP contribution in [0.5, 0.6) is 0 Å². The van der Waals surface area contributed by atoms with Gasteiger partial charge in [0.2, 0.25) is 5.16 Å². The zero-order valence-corrected chi connectivity index (χ0v) is 15.9. The summed E-state index contributed by atoms with van der Waals surface area (Å²) in [6.45, 7) is 2.07. The molecule has 0 atom stereocenters. The van der Waals surface area contributed by atoms with E-state index in [0.29, 0.717) is 22.1 Å². The lowest BCUT2D eigenvalue weighted by Crippen LogP contribution is -2.01. The molecule has 0 aliphatic heterocycles. The average Bonchev–Trinajstić information content (AvgIpc) is 3.09. The van der Waals surface area contributed by atoms with Crippen molar-refractivity contribution in [2.45, 2.75) is 24.3 Å². The minimum Gasteiger partial charge on any atom is -0.423 e. The molecule has 6 nitrogen and oxygen atoms in total. The first-order valence-electron chi connectivity index (χ1n) is 9.01. The van der Waals surface area contributed by atoms with Crippen molar-refractivity contribution in [1.29, 1.82) is 0 Å². The van der Waals surface area contributed by atoms with Crippen LogP contribution in [0.1, 0.15) is 18.1 Å². The Labute approximate surface area is 164 Å². The molecule has 5 rings (SSSR count). The summed E-state index contributed by atoms with van der Waals surface area (Å²) < 4.78 is 5.37. The number of fused-ring (bicyclic) bond motifs is 4. The number of rotatable bonds is 4. The number of nitrogens with zero attached hydrogens (tertiary/aromatic N) is 3. The second-order valence-corrected chi connectivity index (χ2v) is 7.47. The van der Waals surface area contributed by atoms with Crippen molar-refractivity contribution in [3.63, 3.8) is 0 Å². The molecule has 28 heavy (non-hydrogen) atoms. The van der Waals surface area contributed by atoms with Crippen LogP contribution in [0.25, 0.3) is 33.0 Å². The van der Waals surface area contributed by atoms with E-state index in [1.807, 2.05) is 36.4 Å². The highest BCUT2D eigenvalue weighted by atomic mass is 32.2. The SMILES string of the molecule is CCc1ccc2c(CSc3nnc4c(n3)[nH]c3ccccc34)cc(=O)oc2c1. The molecule has 3 aromatic heterocycles. The van der Waals surface area contributed by atoms with E-state index in [2.05, 4.69) is 33.2 Å². The monoisotopic (exact) mass is 388 g/mol. The maximum absolute atomic E-state index is 12.0. The van der Waals surface area contributed by atoms with E-state index >= 15 is 0 Å². The molecule has 0 unspecified atom stereocenters. The fourth-order valence-corrected chi connectivity index (χ4v) is 4.10. The Bertz CT molecular complexity index is 1390. The van der Waals surface area contributed by atoms with E-state index in [9.17, 15) is 4.79 Å². The number of hydrogen-bond acceptors (Lipinski definition) is 6. The molecule has 0 saturated carbocycles. The van der Waals surface area contributed by atoms with Crippen LogP contribution in [0.4, 0.5) is 0 Å². The summed E-state index contributed by atoms with van der Waals surface area (Å²) in [5.41, 5.74) is 4.77. The quantitative estimate of drug-likeness (QED) is 0.361. The molecular formula is C21H16N4O2S. The number of thioether (sulfide) groups is 1. The van der Waals surface area contributed by atoms with E-state index in [-0.39, 0.29) is 5.63 Å². The highest BCUT2D eigenvalue weighted by Gasteiger charge is 2.11. The third kappa shape index (κ3) is 2.93. The van der Waals surface area contributed by atoms with Gasteiger partial charge in [0, 0.05) is 28.1 Å². The Balaban J connectivity index is 1.49. The van der Waals surface area contributed by atoms with Crippen LogP contribution < -0.4 is 5.63 Å². The number of aryl methyl sites for hydroxylation is 1. The van der Waals surface area contributed by atoms with Gasteiger partial charge < -0.3 is 9.40 Å². The highest BCUT2D eigenvalue weighted by molar-refractivity contribution is 7.98. The molecule has 0 aliphatic carbocycles. The Kier molecular flexibility index (Phi) is 4.09. The third-order valence-electron chi connectivity index (χ3n) is 4.76. The van der Waals surface area contributed by atoms with Crippen molar-refractivity contribution in [1.82, 2.24) is 20.2 Å². The van der Waals surface area contributed by atoms with Gasteiger partial charge in [0.05, 0.1) is 0 Å². The van der Waals surface area contributed by atoms with Crippen molar-refractivity contribution in [3.8, 4) is 0 Å².